The molecular weight excluding hydrogens is 305 g/mol. The van der Waals surface area contributed by atoms with Gasteiger partial charge in [0, 0.05) is 12.2 Å². The lowest BCUT2D eigenvalue weighted by Gasteiger charge is -2.23. The summed E-state index contributed by atoms with van der Waals surface area (Å²) in [6, 6.07) is 13.7. The maximum Gasteiger partial charge on any atom is 0.203 e. The normalized spacial score (nSPS) is 14.2. The fraction of sp³-hybridized carbons (Fsp3) is 0.188. The maximum atomic E-state index is 6.21. The van der Waals surface area contributed by atoms with E-state index in [2.05, 4.69) is 34.3 Å². The highest BCUT2D eigenvalue weighted by atomic mass is 35.5. The lowest BCUT2D eigenvalue weighted by Crippen LogP contribution is -2.33. The first-order valence-corrected chi connectivity index (χ1v) is 7.51. The fourth-order valence-electron chi connectivity index (χ4n) is 2.38. The quantitative estimate of drug-likeness (QED) is 0.876. The van der Waals surface area contributed by atoms with Gasteiger partial charge < -0.3 is 10.2 Å². The van der Waals surface area contributed by atoms with E-state index in [0.717, 1.165) is 24.7 Å². The lowest BCUT2D eigenvalue weighted by molar-refractivity contribution is 1.02. The molecule has 0 unspecified atom stereocenters. The molecule has 1 heterocycles. The zero-order valence-corrected chi connectivity index (χ0v) is 13.1. The van der Waals surface area contributed by atoms with E-state index in [4.69, 9.17) is 23.2 Å². The first kappa shape index (κ1) is 14.2. The van der Waals surface area contributed by atoms with Gasteiger partial charge in [-0.15, -0.1) is 0 Å². The van der Waals surface area contributed by atoms with Crippen molar-refractivity contribution in [2.75, 3.05) is 23.3 Å². The molecule has 0 aliphatic carbocycles. The number of nitrogens with one attached hydrogen (secondary N) is 1. The summed E-state index contributed by atoms with van der Waals surface area (Å²) in [6.07, 6.45) is 0. The van der Waals surface area contributed by atoms with Crippen LogP contribution in [-0.2, 0) is 0 Å². The molecule has 2 aromatic rings. The first-order valence-electron chi connectivity index (χ1n) is 6.75. The summed E-state index contributed by atoms with van der Waals surface area (Å²) in [5.41, 5.74) is 3.05. The van der Waals surface area contributed by atoms with E-state index in [-0.39, 0.29) is 0 Å². The van der Waals surface area contributed by atoms with Gasteiger partial charge in [0.15, 0.2) is 0 Å². The molecule has 108 valence electrons. The number of aliphatic imine (C=N–C) groups is 1. The van der Waals surface area contributed by atoms with Crippen molar-refractivity contribution in [3.05, 3.63) is 58.1 Å². The second kappa shape index (κ2) is 5.96. The second-order valence-corrected chi connectivity index (χ2v) is 5.68. The number of benzene rings is 2. The number of hydrogen-bond acceptors (Lipinski definition) is 3. The molecule has 1 aliphatic heterocycles. The van der Waals surface area contributed by atoms with Crippen molar-refractivity contribution in [3.8, 4) is 0 Å². The van der Waals surface area contributed by atoms with Gasteiger partial charge in [-0.05, 0) is 30.7 Å². The summed E-state index contributed by atoms with van der Waals surface area (Å²) in [5.74, 6) is 0.777. The van der Waals surface area contributed by atoms with Crippen molar-refractivity contribution in [1.29, 1.82) is 0 Å². The summed E-state index contributed by atoms with van der Waals surface area (Å²) in [7, 11) is 0. The van der Waals surface area contributed by atoms with Gasteiger partial charge in [-0.1, -0.05) is 47.5 Å². The van der Waals surface area contributed by atoms with Crippen LogP contribution in [-0.4, -0.2) is 19.0 Å². The van der Waals surface area contributed by atoms with Crippen LogP contribution < -0.4 is 10.2 Å². The Hall–Kier alpha value is -1.71. The van der Waals surface area contributed by atoms with Gasteiger partial charge in [0.2, 0.25) is 5.96 Å². The molecule has 3 rings (SSSR count). The number of guanidine groups is 1. The SMILES string of the molecule is Cc1ccccc1N1CCN=C1Nc1c(Cl)cccc1Cl. The van der Waals surface area contributed by atoms with Gasteiger partial charge in [-0.25, -0.2) is 0 Å². The number of aryl methyl sites for hydroxylation is 1. The van der Waals surface area contributed by atoms with Gasteiger partial charge in [-0.2, -0.15) is 0 Å². The van der Waals surface area contributed by atoms with Gasteiger partial charge in [0.05, 0.1) is 22.3 Å². The fourth-order valence-corrected chi connectivity index (χ4v) is 2.88. The van der Waals surface area contributed by atoms with Crippen LogP contribution in [0.4, 0.5) is 11.4 Å². The minimum Gasteiger partial charge on any atom is -0.323 e. The van der Waals surface area contributed by atoms with Gasteiger partial charge in [0.25, 0.3) is 0 Å². The number of rotatable bonds is 2. The molecule has 0 aromatic heterocycles. The third-order valence-corrected chi connectivity index (χ3v) is 4.08. The number of para-hydroxylation sites is 2. The Balaban J connectivity index is 1.90. The van der Waals surface area contributed by atoms with E-state index in [0.29, 0.717) is 15.7 Å². The van der Waals surface area contributed by atoms with Crippen LogP contribution in [0.1, 0.15) is 5.56 Å². The molecule has 0 saturated heterocycles. The molecule has 0 radical (unpaired) electrons. The largest absolute Gasteiger partial charge is 0.323 e. The highest BCUT2D eigenvalue weighted by Gasteiger charge is 2.21. The molecule has 5 heteroatoms. The Labute approximate surface area is 134 Å². The molecular formula is C16H15Cl2N3. The van der Waals surface area contributed by atoms with Crippen LogP contribution in [0.5, 0.6) is 0 Å². The van der Waals surface area contributed by atoms with Crippen molar-refractivity contribution in [1.82, 2.24) is 0 Å². The van der Waals surface area contributed by atoms with Gasteiger partial charge >= 0.3 is 0 Å². The van der Waals surface area contributed by atoms with Crippen molar-refractivity contribution >= 4 is 40.5 Å². The topological polar surface area (TPSA) is 27.6 Å². The Morgan fingerprint density at radius 1 is 1.05 bits per heavy atom. The molecule has 1 aliphatic rings. The molecule has 0 saturated carbocycles. The third-order valence-electron chi connectivity index (χ3n) is 3.45. The monoisotopic (exact) mass is 319 g/mol. The molecule has 0 fully saturated rings. The van der Waals surface area contributed by atoms with Crippen molar-refractivity contribution in [3.63, 3.8) is 0 Å². The second-order valence-electron chi connectivity index (χ2n) is 4.87. The predicted octanol–water partition coefficient (Wildman–Crippen LogP) is 4.59. The van der Waals surface area contributed by atoms with Crippen LogP contribution in [0.15, 0.2) is 47.5 Å². The van der Waals surface area contributed by atoms with E-state index in [1.165, 1.54) is 5.56 Å². The minimum atomic E-state index is 0.585. The molecule has 3 nitrogen and oxygen atoms in total. The number of anilines is 2. The summed E-state index contributed by atoms with van der Waals surface area (Å²) in [6.45, 7) is 3.68. The molecule has 0 amide bonds. The third kappa shape index (κ3) is 2.85. The number of nitrogens with zero attached hydrogens (tertiary/aromatic N) is 2. The molecule has 0 bridgehead atoms. The molecule has 0 atom stereocenters. The Morgan fingerprint density at radius 3 is 2.48 bits per heavy atom. The van der Waals surface area contributed by atoms with Crippen LogP contribution in [0.2, 0.25) is 10.0 Å². The molecule has 1 N–H and O–H groups in total. The highest BCUT2D eigenvalue weighted by molar-refractivity contribution is 6.40. The van der Waals surface area contributed by atoms with E-state index < -0.39 is 0 Å². The Kier molecular flexibility index (Phi) is 4.04. The number of halogens is 2. The predicted molar refractivity (Wildman–Crippen MR) is 90.9 cm³/mol. The summed E-state index contributed by atoms with van der Waals surface area (Å²) in [5, 5.41) is 4.44. The Bertz CT molecular complexity index is 677. The van der Waals surface area contributed by atoms with Crippen LogP contribution >= 0.6 is 23.2 Å². The standard InChI is InChI=1S/C16H15Cl2N3/c1-11-5-2-3-8-14(11)21-10-9-19-16(21)20-15-12(17)6-4-7-13(15)18/h2-8H,9-10H2,1H3,(H,19,20). The smallest absolute Gasteiger partial charge is 0.203 e. The summed E-state index contributed by atoms with van der Waals surface area (Å²) in [4.78, 5) is 6.67. The minimum absolute atomic E-state index is 0.585. The average molecular weight is 320 g/mol. The zero-order valence-electron chi connectivity index (χ0n) is 11.6. The van der Waals surface area contributed by atoms with E-state index in [1.807, 2.05) is 30.3 Å². The number of hydrogen-bond donors (Lipinski definition) is 1. The van der Waals surface area contributed by atoms with Crippen LogP contribution in [0.25, 0.3) is 0 Å². The Morgan fingerprint density at radius 2 is 1.76 bits per heavy atom. The first-order chi connectivity index (χ1) is 10.2. The van der Waals surface area contributed by atoms with E-state index >= 15 is 0 Å². The molecule has 2 aromatic carbocycles. The van der Waals surface area contributed by atoms with Crippen LogP contribution in [0, 0.1) is 6.92 Å². The van der Waals surface area contributed by atoms with Gasteiger partial charge in [-0.3, -0.25) is 4.99 Å². The van der Waals surface area contributed by atoms with Gasteiger partial charge in [0.1, 0.15) is 0 Å². The summed E-state index contributed by atoms with van der Waals surface area (Å²) >= 11 is 12.4. The van der Waals surface area contributed by atoms with Crippen molar-refractivity contribution < 1.29 is 0 Å². The molecule has 21 heavy (non-hydrogen) atoms. The lowest BCUT2D eigenvalue weighted by atomic mass is 10.2. The van der Waals surface area contributed by atoms with E-state index in [9.17, 15) is 0 Å². The molecule has 0 spiro atoms. The zero-order chi connectivity index (χ0) is 14.8. The highest BCUT2D eigenvalue weighted by Crippen LogP contribution is 2.31. The maximum absolute atomic E-state index is 6.21. The van der Waals surface area contributed by atoms with Crippen molar-refractivity contribution in [2.45, 2.75) is 6.92 Å². The van der Waals surface area contributed by atoms with Crippen molar-refractivity contribution in [2.24, 2.45) is 4.99 Å². The van der Waals surface area contributed by atoms with E-state index in [1.54, 1.807) is 0 Å². The average Bonchev–Trinajstić information content (AvgIpc) is 2.92. The van der Waals surface area contributed by atoms with Crippen LogP contribution in [0.3, 0.4) is 0 Å². The summed E-state index contributed by atoms with van der Waals surface area (Å²) < 4.78 is 0.